The number of aliphatic hydroxyl groups excluding tert-OH is 1. The van der Waals surface area contributed by atoms with Gasteiger partial charge in [0, 0.05) is 44.8 Å². The van der Waals surface area contributed by atoms with Gasteiger partial charge in [-0.3, -0.25) is 33.7 Å². The van der Waals surface area contributed by atoms with E-state index in [4.69, 9.17) is 11.5 Å². The molecular formula is C53H68N8O7S. The topological polar surface area (TPSA) is 230 Å². The molecule has 1 unspecified atom stereocenters. The number of anilines is 1. The lowest BCUT2D eigenvalue weighted by atomic mass is 9.85. The molecule has 6 amide bonds. The molecule has 15 nitrogen and oxygen atoms in total. The van der Waals surface area contributed by atoms with Crippen LogP contribution in [0.4, 0.5) is 5.69 Å². The van der Waals surface area contributed by atoms with E-state index in [0.717, 1.165) is 75.3 Å². The summed E-state index contributed by atoms with van der Waals surface area (Å²) < 4.78 is 0. The van der Waals surface area contributed by atoms with E-state index in [1.165, 1.54) is 4.90 Å². The molecule has 0 aliphatic carbocycles. The van der Waals surface area contributed by atoms with Gasteiger partial charge in [-0.05, 0) is 104 Å². The van der Waals surface area contributed by atoms with Crippen LogP contribution in [-0.2, 0) is 61.0 Å². The van der Waals surface area contributed by atoms with Gasteiger partial charge in [0.05, 0.1) is 33.9 Å². The second-order valence-corrected chi connectivity index (χ2v) is 20.9. The first-order valence-corrected chi connectivity index (χ1v) is 25.3. The normalized spacial score (nSPS) is 19.7. The number of carbonyl (C=O) groups excluding carboxylic acids is 6. The van der Waals surface area contributed by atoms with Crippen LogP contribution in [0.3, 0.4) is 0 Å². The van der Waals surface area contributed by atoms with Crippen molar-refractivity contribution in [3.8, 4) is 10.4 Å². The van der Waals surface area contributed by atoms with Gasteiger partial charge in [-0.1, -0.05) is 87.5 Å². The second-order valence-electron chi connectivity index (χ2n) is 20.1. The van der Waals surface area contributed by atoms with Gasteiger partial charge in [0.25, 0.3) is 0 Å². The van der Waals surface area contributed by atoms with Gasteiger partial charge in [0.2, 0.25) is 35.4 Å². The first-order valence-electron chi connectivity index (χ1n) is 24.4. The third-order valence-corrected chi connectivity index (χ3v) is 14.7. The zero-order chi connectivity index (χ0) is 49.4. The van der Waals surface area contributed by atoms with E-state index >= 15 is 0 Å². The highest BCUT2D eigenvalue weighted by molar-refractivity contribution is 7.13. The lowest BCUT2D eigenvalue weighted by Crippen LogP contribution is -2.57. The molecule has 16 heteroatoms. The maximum absolute atomic E-state index is 14.1. The number of likely N-dealkylation sites (tertiary alicyclic amines) is 1. The summed E-state index contributed by atoms with van der Waals surface area (Å²) in [7, 11) is 0. The number of rotatable bonds is 20. The van der Waals surface area contributed by atoms with Crippen LogP contribution in [0.1, 0.15) is 112 Å². The van der Waals surface area contributed by atoms with Gasteiger partial charge in [0.15, 0.2) is 0 Å². The highest BCUT2D eigenvalue weighted by Crippen LogP contribution is 2.39. The molecule has 0 bridgehead atoms. The summed E-state index contributed by atoms with van der Waals surface area (Å²) in [5, 5.41) is 19.7. The molecule has 0 spiro atoms. The molecule has 69 heavy (non-hydrogen) atoms. The smallest absolute Gasteiger partial charge is 0.246 e. The molecule has 6 atom stereocenters. The minimum atomic E-state index is -0.895. The van der Waals surface area contributed by atoms with Crippen molar-refractivity contribution >= 4 is 52.5 Å². The number of thiazole rings is 1. The number of aliphatic hydroxyl groups is 1. The SMILES string of the molecule is Cc1ncsc1-c1ccc(CNC(=O)[C@@H]2C[C@@H](O)CN2C(=O)[C@@H](NC(=O)CCCCc2ccc(CCC[C@H](CCC(N)=O)NC(=O)C3Cc4cccc5c4N3C(=O)[C@@H](N)CC5)cc2)C(C)(C)C)cc1. The van der Waals surface area contributed by atoms with E-state index in [2.05, 4.69) is 45.2 Å². The number of nitrogens with zero attached hydrogens (tertiary/aromatic N) is 3. The number of unbranched alkanes of at least 4 members (excludes halogenated alkanes) is 1. The molecule has 0 radical (unpaired) electrons. The molecular weight excluding hydrogens is 893 g/mol. The minimum Gasteiger partial charge on any atom is -0.391 e. The van der Waals surface area contributed by atoms with Crippen LogP contribution in [0.15, 0.2) is 72.2 Å². The summed E-state index contributed by atoms with van der Waals surface area (Å²) in [6, 6.07) is 18.7. The highest BCUT2D eigenvalue weighted by atomic mass is 32.1. The third-order valence-electron chi connectivity index (χ3n) is 13.7. The minimum absolute atomic E-state index is 0.00694. The molecule has 3 aromatic carbocycles. The Bertz CT molecular complexity index is 2490. The lowest BCUT2D eigenvalue weighted by Gasteiger charge is -2.35. The van der Waals surface area contributed by atoms with Crippen LogP contribution < -0.4 is 32.3 Å². The number of nitrogens with two attached hydrogens (primary N) is 2. The Balaban J connectivity index is 0.847. The molecule has 7 rings (SSSR count). The quantitative estimate of drug-likeness (QED) is 0.0658. The van der Waals surface area contributed by atoms with Crippen molar-refractivity contribution in [2.75, 3.05) is 11.4 Å². The van der Waals surface area contributed by atoms with Crippen LogP contribution in [0.2, 0.25) is 0 Å². The molecule has 3 aliphatic rings. The summed E-state index contributed by atoms with van der Waals surface area (Å²) in [6.45, 7) is 7.86. The number of aryl methyl sites for hydroxylation is 4. The zero-order valence-corrected chi connectivity index (χ0v) is 41.1. The molecule has 4 aromatic rings. The largest absolute Gasteiger partial charge is 0.391 e. The molecule has 1 fully saturated rings. The summed E-state index contributed by atoms with van der Waals surface area (Å²) in [6.07, 6.45) is 5.93. The average Bonchev–Trinajstić information content (AvgIpc) is 4.04. The fourth-order valence-corrected chi connectivity index (χ4v) is 10.6. The summed E-state index contributed by atoms with van der Waals surface area (Å²) in [5.74, 6) is -1.92. The average molecular weight is 961 g/mol. The Morgan fingerprint density at radius 2 is 1.54 bits per heavy atom. The number of hydrogen-bond acceptors (Lipinski definition) is 10. The number of nitrogens with one attached hydrogen (secondary N) is 3. The molecule has 1 saturated heterocycles. The monoisotopic (exact) mass is 960 g/mol. The number of para-hydroxylation sites is 1. The van der Waals surface area contributed by atoms with Crippen LogP contribution in [0.5, 0.6) is 0 Å². The zero-order valence-electron chi connectivity index (χ0n) is 40.3. The number of aromatic nitrogens is 1. The second kappa shape index (κ2) is 22.6. The van der Waals surface area contributed by atoms with E-state index in [-0.39, 0.29) is 62.0 Å². The molecule has 1 aromatic heterocycles. The van der Waals surface area contributed by atoms with Crippen LogP contribution in [-0.4, -0.2) is 93.3 Å². The van der Waals surface area contributed by atoms with Gasteiger partial charge in [-0.15, -0.1) is 11.3 Å². The third kappa shape index (κ3) is 12.8. The maximum atomic E-state index is 14.1. The van der Waals surface area contributed by atoms with Crippen molar-refractivity contribution < 1.29 is 33.9 Å². The van der Waals surface area contributed by atoms with E-state index in [1.54, 1.807) is 16.2 Å². The van der Waals surface area contributed by atoms with Crippen LogP contribution in [0, 0.1) is 12.3 Å². The molecule has 8 N–H and O–H groups in total. The van der Waals surface area contributed by atoms with Crippen LogP contribution >= 0.6 is 11.3 Å². The van der Waals surface area contributed by atoms with Crippen molar-refractivity contribution in [2.24, 2.45) is 16.9 Å². The Kier molecular flexibility index (Phi) is 16.7. The van der Waals surface area contributed by atoms with Crippen molar-refractivity contribution in [2.45, 2.75) is 154 Å². The van der Waals surface area contributed by atoms with Crippen molar-refractivity contribution in [1.82, 2.24) is 25.8 Å². The van der Waals surface area contributed by atoms with Crippen molar-refractivity contribution in [1.29, 1.82) is 0 Å². The van der Waals surface area contributed by atoms with Gasteiger partial charge in [0.1, 0.15) is 18.1 Å². The Morgan fingerprint density at radius 1 is 0.855 bits per heavy atom. The van der Waals surface area contributed by atoms with E-state index in [9.17, 15) is 33.9 Å². The predicted molar refractivity (Wildman–Crippen MR) is 267 cm³/mol. The Hall–Kier alpha value is -5.97. The lowest BCUT2D eigenvalue weighted by molar-refractivity contribution is -0.144. The first kappa shape index (κ1) is 50.9. The Morgan fingerprint density at radius 3 is 2.20 bits per heavy atom. The molecule has 368 valence electrons. The number of benzene rings is 3. The number of β-amino-alcohol motifs (C(OH)–C–C–N with tert-alkyl or cyclic N) is 1. The van der Waals surface area contributed by atoms with E-state index in [0.29, 0.717) is 38.5 Å². The summed E-state index contributed by atoms with van der Waals surface area (Å²) in [5.41, 5.74) is 20.9. The van der Waals surface area contributed by atoms with Crippen molar-refractivity contribution in [3.63, 3.8) is 0 Å². The number of hydrogen-bond donors (Lipinski definition) is 6. The molecule has 4 heterocycles. The van der Waals surface area contributed by atoms with Gasteiger partial charge in [-0.2, -0.15) is 0 Å². The number of carbonyl (C=O) groups is 6. The predicted octanol–water partition coefficient (Wildman–Crippen LogP) is 4.94. The molecule has 0 saturated carbocycles. The van der Waals surface area contributed by atoms with Crippen molar-refractivity contribution in [3.05, 3.63) is 106 Å². The summed E-state index contributed by atoms with van der Waals surface area (Å²) in [4.78, 5) is 88.3. The van der Waals surface area contributed by atoms with Gasteiger partial charge in [-0.25, -0.2) is 4.98 Å². The number of amides is 6. The standard InChI is InChI=1S/C53H68N8O7S/c1-32-47(69-31-57-32)37-21-19-35(20-22-37)29-56-49(65)42-28-40(62)30-60(42)52(68)48(53(2,3)4)59-45(64)14-6-5-9-33-15-17-34(18-16-33)10-7-13-39(24-26-44(55)63)58-50(66)43-27-38-12-8-11-36-23-25-41(54)51(67)61(43)46(36)38/h8,11-12,15-22,31,39-43,48,62H,5-7,9-10,13-14,23-30,54H2,1-4H3,(H2,55,63)(H,56,65)(H,58,66)(H,59,64)/t39-,40-,41+,42+,43?,48-/m1/s1. The van der Waals surface area contributed by atoms with Gasteiger partial charge < -0.3 is 37.4 Å². The highest BCUT2D eigenvalue weighted by Gasteiger charge is 2.45. The van der Waals surface area contributed by atoms with Gasteiger partial charge >= 0.3 is 0 Å². The fraction of sp³-hybridized carbons (Fsp3) is 0.491. The Labute approximate surface area is 409 Å². The fourth-order valence-electron chi connectivity index (χ4n) is 9.82. The maximum Gasteiger partial charge on any atom is 0.246 e. The molecule has 3 aliphatic heterocycles. The van der Waals surface area contributed by atoms with Crippen LogP contribution in [0.25, 0.3) is 10.4 Å². The first-order chi connectivity index (χ1) is 33.0. The van der Waals surface area contributed by atoms with E-state index in [1.807, 2.05) is 75.7 Å². The summed E-state index contributed by atoms with van der Waals surface area (Å²) >= 11 is 1.57. The number of primary amides is 1. The van der Waals surface area contributed by atoms with E-state index < -0.39 is 47.5 Å².